The van der Waals surface area contributed by atoms with Crippen LogP contribution >= 0.6 is 11.6 Å². The molecule has 1 aliphatic heterocycles. The minimum atomic E-state index is 0.0254. The van der Waals surface area contributed by atoms with Gasteiger partial charge in [-0.3, -0.25) is 9.89 Å². The van der Waals surface area contributed by atoms with Gasteiger partial charge in [-0.15, -0.1) is 0 Å². The molecule has 0 aliphatic carbocycles. The highest BCUT2D eigenvalue weighted by molar-refractivity contribution is 6.30. The van der Waals surface area contributed by atoms with Gasteiger partial charge in [0.25, 0.3) is 0 Å². The maximum absolute atomic E-state index is 12.2. The summed E-state index contributed by atoms with van der Waals surface area (Å²) in [5, 5.41) is 8.25. The number of H-pyrrole nitrogens is 1. The third kappa shape index (κ3) is 2.68. The lowest BCUT2D eigenvalue weighted by Crippen LogP contribution is -2.38. The molecular formula is C16H18ClN3O. The van der Waals surface area contributed by atoms with E-state index in [0.29, 0.717) is 11.6 Å². The van der Waals surface area contributed by atoms with Crippen molar-refractivity contribution >= 4 is 17.5 Å². The van der Waals surface area contributed by atoms with Crippen LogP contribution in [0.5, 0.6) is 0 Å². The van der Waals surface area contributed by atoms with Crippen LogP contribution in [-0.4, -0.2) is 27.5 Å². The maximum atomic E-state index is 12.2. The molecule has 0 bridgehead atoms. The van der Waals surface area contributed by atoms with E-state index in [4.69, 9.17) is 11.6 Å². The molecule has 0 fully saturated rings. The molecule has 1 aliphatic rings. The number of aromatic nitrogens is 2. The Morgan fingerprint density at radius 1 is 1.33 bits per heavy atom. The van der Waals surface area contributed by atoms with Crippen molar-refractivity contribution in [3.05, 3.63) is 40.5 Å². The SMILES string of the molecule is CC(C)C(=O)N1CCc2[nH]nc(-c3ccc(Cl)cc3)c2C1. The average molecular weight is 304 g/mol. The Kier molecular flexibility index (Phi) is 3.72. The molecule has 5 heteroatoms. The molecule has 0 saturated heterocycles. The van der Waals surface area contributed by atoms with Gasteiger partial charge in [0.05, 0.1) is 5.69 Å². The maximum Gasteiger partial charge on any atom is 0.225 e. The number of fused-ring (bicyclic) bond motifs is 1. The molecule has 0 saturated carbocycles. The van der Waals surface area contributed by atoms with Crippen molar-refractivity contribution in [2.45, 2.75) is 26.8 Å². The topological polar surface area (TPSA) is 49.0 Å². The number of carbonyl (C=O) groups is 1. The number of amides is 1. The van der Waals surface area contributed by atoms with Gasteiger partial charge in [0, 0.05) is 47.3 Å². The molecule has 0 spiro atoms. The van der Waals surface area contributed by atoms with E-state index >= 15 is 0 Å². The molecule has 0 unspecified atom stereocenters. The zero-order chi connectivity index (χ0) is 15.0. The largest absolute Gasteiger partial charge is 0.338 e. The Morgan fingerprint density at radius 3 is 2.71 bits per heavy atom. The number of rotatable bonds is 2. The highest BCUT2D eigenvalue weighted by Crippen LogP contribution is 2.29. The third-order valence-electron chi connectivity index (χ3n) is 3.86. The van der Waals surface area contributed by atoms with E-state index in [-0.39, 0.29) is 11.8 Å². The molecule has 1 amide bonds. The summed E-state index contributed by atoms with van der Waals surface area (Å²) in [6, 6.07) is 7.64. The molecule has 4 nitrogen and oxygen atoms in total. The monoisotopic (exact) mass is 303 g/mol. The van der Waals surface area contributed by atoms with Gasteiger partial charge in [0.2, 0.25) is 5.91 Å². The minimum Gasteiger partial charge on any atom is -0.338 e. The smallest absolute Gasteiger partial charge is 0.225 e. The predicted molar refractivity (Wildman–Crippen MR) is 83.0 cm³/mol. The van der Waals surface area contributed by atoms with Crippen molar-refractivity contribution in [3.8, 4) is 11.3 Å². The van der Waals surface area contributed by atoms with E-state index in [1.165, 1.54) is 0 Å². The summed E-state index contributed by atoms with van der Waals surface area (Å²) in [7, 11) is 0. The van der Waals surface area contributed by atoms with Gasteiger partial charge < -0.3 is 4.90 Å². The first-order valence-corrected chi connectivity index (χ1v) is 7.55. The summed E-state index contributed by atoms with van der Waals surface area (Å²) in [5.41, 5.74) is 4.20. The third-order valence-corrected chi connectivity index (χ3v) is 4.11. The zero-order valence-corrected chi connectivity index (χ0v) is 12.9. The van der Waals surface area contributed by atoms with Gasteiger partial charge in [-0.25, -0.2) is 0 Å². The number of benzene rings is 1. The van der Waals surface area contributed by atoms with E-state index < -0.39 is 0 Å². The van der Waals surface area contributed by atoms with Crippen LogP contribution in [0.1, 0.15) is 25.1 Å². The van der Waals surface area contributed by atoms with Crippen molar-refractivity contribution in [1.82, 2.24) is 15.1 Å². The van der Waals surface area contributed by atoms with Crippen LogP contribution in [0.15, 0.2) is 24.3 Å². The highest BCUT2D eigenvalue weighted by atomic mass is 35.5. The van der Waals surface area contributed by atoms with E-state index in [2.05, 4.69) is 10.2 Å². The van der Waals surface area contributed by atoms with E-state index in [1.54, 1.807) is 0 Å². The number of aromatic amines is 1. The van der Waals surface area contributed by atoms with Crippen LogP contribution in [0.2, 0.25) is 5.02 Å². The lowest BCUT2D eigenvalue weighted by molar-refractivity contribution is -0.135. The second kappa shape index (κ2) is 5.53. The molecule has 21 heavy (non-hydrogen) atoms. The first-order chi connectivity index (χ1) is 10.1. The van der Waals surface area contributed by atoms with E-state index in [0.717, 1.165) is 35.5 Å². The Bertz CT molecular complexity index is 661. The molecule has 1 aromatic carbocycles. The lowest BCUT2D eigenvalue weighted by Gasteiger charge is -2.28. The average Bonchev–Trinajstić information content (AvgIpc) is 2.90. The first-order valence-electron chi connectivity index (χ1n) is 7.17. The Morgan fingerprint density at radius 2 is 2.05 bits per heavy atom. The standard InChI is InChI=1S/C16H18ClN3O/c1-10(2)16(21)20-8-7-14-13(9-20)15(19-18-14)11-3-5-12(17)6-4-11/h3-6,10H,7-9H2,1-2H3,(H,18,19). The van der Waals surface area contributed by atoms with Crippen LogP contribution in [0.4, 0.5) is 0 Å². The Balaban J connectivity index is 1.92. The minimum absolute atomic E-state index is 0.0254. The fourth-order valence-electron chi connectivity index (χ4n) is 2.69. The highest BCUT2D eigenvalue weighted by Gasteiger charge is 2.26. The lowest BCUT2D eigenvalue weighted by atomic mass is 10.00. The van der Waals surface area contributed by atoms with Crippen LogP contribution in [0.3, 0.4) is 0 Å². The van der Waals surface area contributed by atoms with E-state index in [9.17, 15) is 4.79 Å². The fourth-order valence-corrected chi connectivity index (χ4v) is 2.82. The molecule has 3 rings (SSSR count). The Hall–Kier alpha value is -1.81. The van der Waals surface area contributed by atoms with Crippen molar-refractivity contribution < 1.29 is 4.79 Å². The first kappa shape index (κ1) is 14.1. The summed E-state index contributed by atoms with van der Waals surface area (Å²) in [6.07, 6.45) is 0.828. The molecule has 0 radical (unpaired) electrons. The van der Waals surface area contributed by atoms with Gasteiger partial charge >= 0.3 is 0 Å². The molecule has 1 aromatic heterocycles. The number of nitrogens with zero attached hydrogens (tertiary/aromatic N) is 2. The normalized spacial score (nSPS) is 14.4. The van der Waals surface area contributed by atoms with Gasteiger partial charge in [0.1, 0.15) is 0 Å². The quantitative estimate of drug-likeness (QED) is 0.925. The summed E-state index contributed by atoms with van der Waals surface area (Å²) in [5.74, 6) is 0.223. The van der Waals surface area contributed by atoms with Crippen molar-refractivity contribution in [1.29, 1.82) is 0 Å². The summed E-state index contributed by atoms with van der Waals surface area (Å²) >= 11 is 5.93. The summed E-state index contributed by atoms with van der Waals surface area (Å²) in [6.45, 7) is 5.26. The molecule has 110 valence electrons. The summed E-state index contributed by atoms with van der Waals surface area (Å²) in [4.78, 5) is 14.1. The van der Waals surface area contributed by atoms with Crippen molar-refractivity contribution in [3.63, 3.8) is 0 Å². The van der Waals surface area contributed by atoms with Crippen LogP contribution in [0.25, 0.3) is 11.3 Å². The number of halogens is 1. The molecule has 2 heterocycles. The zero-order valence-electron chi connectivity index (χ0n) is 12.2. The summed E-state index contributed by atoms with van der Waals surface area (Å²) < 4.78 is 0. The Labute approximate surface area is 129 Å². The van der Waals surface area contributed by atoms with E-state index in [1.807, 2.05) is 43.0 Å². The van der Waals surface area contributed by atoms with Crippen molar-refractivity contribution in [2.75, 3.05) is 6.54 Å². The van der Waals surface area contributed by atoms with Gasteiger partial charge in [-0.2, -0.15) is 5.10 Å². The number of hydrogen-bond donors (Lipinski definition) is 1. The van der Waals surface area contributed by atoms with Gasteiger partial charge in [0.15, 0.2) is 0 Å². The predicted octanol–water partition coefficient (Wildman–Crippen LogP) is 3.27. The van der Waals surface area contributed by atoms with Gasteiger partial charge in [-0.1, -0.05) is 37.6 Å². The molecule has 2 aromatic rings. The second-order valence-corrected chi connectivity index (χ2v) is 6.14. The number of hydrogen-bond acceptors (Lipinski definition) is 2. The molecule has 1 N–H and O–H groups in total. The molecular weight excluding hydrogens is 286 g/mol. The van der Waals surface area contributed by atoms with Gasteiger partial charge in [-0.05, 0) is 12.1 Å². The number of carbonyl (C=O) groups excluding carboxylic acids is 1. The van der Waals surface area contributed by atoms with Crippen molar-refractivity contribution in [2.24, 2.45) is 5.92 Å². The fraction of sp³-hybridized carbons (Fsp3) is 0.375. The molecule has 0 atom stereocenters. The van der Waals surface area contributed by atoms with Crippen LogP contribution < -0.4 is 0 Å². The number of nitrogens with one attached hydrogen (secondary N) is 1. The van der Waals surface area contributed by atoms with Crippen LogP contribution in [0, 0.1) is 5.92 Å². The van der Waals surface area contributed by atoms with Crippen LogP contribution in [-0.2, 0) is 17.8 Å². The second-order valence-electron chi connectivity index (χ2n) is 5.70.